The van der Waals surface area contributed by atoms with Crippen molar-refractivity contribution in [1.29, 1.82) is 0 Å². The average molecular weight is 342 g/mol. The van der Waals surface area contributed by atoms with Crippen LogP contribution in [0.25, 0.3) is 0 Å². The second-order valence-electron chi connectivity index (χ2n) is 6.26. The van der Waals surface area contributed by atoms with Gasteiger partial charge in [-0.15, -0.1) is 0 Å². The summed E-state index contributed by atoms with van der Waals surface area (Å²) >= 11 is 7.73. The molecular formula is C17H21ClFNOS. The summed E-state index contributed by atoms with van der Waals surface area (Å²) in [5.74, 6) is -0.165. The molecule has 2 atom stereocenters. The van der Waals surface area contributed by atoms with Gasteiger partial charge in [0.15, 0.2) is 0 Å². The fourth-order valence-electron chi connectivity index (χ4n) is 3.80. The summed E-state index contributed by atoms with van der Waals surface area (Å²) in [6, 6.07) is 5.57. The van der Waals surface area contributed by atoms with Gasteiger partial charge in [-0.2, -0.15) is 11.8 Å². The maximum absolute atomic E-state index is 13.2. The summed E-state index contributed by atoms with van der Waals surface area (Å²) in [4.78, 5) is 14.7. The molecule has 5 heteroatoms. The van der Waals surface area contributed by atoms with E-state index in [0.717, 1.165) is 31.2 Å². The van der Waals surface area contributed by atoms with Crippen LogP contribution in [0.15, 0.2) is 18.2 Å². The lowest BCUT2D eigenvalue weighted by Gasteiger charge is -2.38. The highest BCUT2D eigenvalue weighted by atomic mass is 35.5. The number of carbonyl (C=O) groups excluding carboxylic acids is 1. The number of rotatable bonds is 4. The molecule has 120 valence electrons. The van der Waals surface area contributed by atoms with Crippen LogP contribution >= 0.6 is 23.4 Å². The molecule has 0 aromatic heterocycles. The van der Waals surface area contributed by atoms with Crippen LogP contribution in [0.1, 0.15) is 37.7 Å². The Hall–Kier alpha value is -0.740. The smallest absolute Gasteiger partial charge is 0.223 e. The van der Waals surface area contributed by atoms with Gasteiger partial charge in [0.2, 0.25) is 5.91 Å². The normalized spacial score (nSPS) is 27.2. The summed E-state index contributed by atoms with van der Waals surface area (Å²) in [6.45, 7) is 0. The number of hydrogen-bond donors (Lipinski definition) is 0. The highest BCUT2D eigenvalue weighted by molar-refractivity contribution is 7.99. The third-order valence-corrected chi connectivity index (χ3v) is 6.26. The van der Waals surface area contributed by atoms with Crippen molar-refractivity contribution in [2.45, 2.75) is 55.9 Å². The second-order valence-corrected chi connectivity index (χ2v) is 7.81. The Labute approximate surface area is 140 Å². The molecule has 0 saturated carbocycles. The fraction of sp³-hybridized carbons (Fsp3) is 0.588. The zero-order valence-corrected chi connectivity index (χ0v) is 14.3. The lowest BCUT2D eigenvalue weighted by atomic mass is 10.0. The average Bonchev–Trinajstić information content (AvgIpc) is 2.78. The first-order chi connectivity index (χ1) is 10.6. The maximum atomic E-state index is 13.2. The van der Waals surface area contributed by atoms with Crippen LogP contribution in [0.5, 0.6) is 0 Å². The predicted octanol–water partition coefficient (Wildman–Crippen LogP) is 4.30. The number of carbonyl (C=O) groups is 1. The molecule has 2 aliphatic rings. The standard InChI is InChI=1S/C17H21ClFNOS/c1-22-14-9-12-4-5-13(10-14)20(12)17(21)7-3-11-2-6-16(19)15(18)8-11/h2,6,8,12-14H,3-5,7,9-10H2,1H3. The van der Waals surface area contributed by atoms with E-state index in [0.29, 0.717) is 30.2 Å². The minimum Gasteiger partial charge on any atom is -0.337 e. The molecule has 2 nitrogen and oxygen atoms in total. The number of fused-ring (bicyclic) bond motifs is 2. The van der Waals surface area contributed by atoms with Crippen molar-refractivity contribution < 1.29 is 9.18 Å². The van der Waals surface area contributed by atoms with Crippen LogP contribution in [0.2, 0.25) is 5.02 Å². The van der Waals surface area contributed by atoms with Crippen molar-refractivity contribution in [3.05, 3.63) is 34.6 Å². The van der Waals surface area contributed by atoms with Crippen LogP contribution in [0.4, 0.5) is 4.39 Å². The molecule has 2 unspecified atom stereocenters. The molecule has 0 N–H and O–H groups in total. The summed E-state index contributed by atoms with van der Waals surface area (Å²) in [5.41, 5.74) is 0.922. The van der Waals surface area contributed by atoms with E-state index >= 15 is 0 Å². The molecule has 0 spiro atoms. The van der Waals surface area contributed by atoms with Crippen LogP contribution in [-0.2, 0) is 11.2 Å². The SMILES string of the molecule is CSC1CC2CCC(C1)N2C(=O)CCc1ccc(F)c(Cl)c1. The first kappa shape index (κ1) is 16.1. The van der Waals surface area contributed by atoms with E-state index in [4.69, 9.17) is 11.6 Å². The second kappa shape index (κ2) is 6.79. The Morgan fingerprint density at radius 3 is 2.64 bits per heavy atom. The van der Waals surface area contributed by atoms with E-state index in [9.17, 15) is 9.18 Å². The van der Waals surface area contributed by atoms with Gasteiger partial charge in [-0.05, 0) is 56.1 Å². The molecule has 1 aromatic carbocycles. The minimum absolute atomic E-state index is 0.130. The van der Waals surface area contributed by atoms with Gasteiger partial charge >= 0.3 is 0 Å². The molecular weight excluding hydrogens is 321 g/mol. The van der Waals surface area contributed by atoms with Crippen molar-refractivity contribution in [2.24, 2.45) is 0 Å². The monoisotopic (exact) mass is 341 g/mol. The van der Waals surface area contributed by atoms with E-state index in [2.05, 4.69) is 11.2 Å². The van der Waals surface area contributed by atoms with E-state index in [1.807, 2.05) is 11.8 Å². The number of halogens is 2. The Balaban J connectivity index is 1.59. The van der Waals surface area contributed by atoms with Crippen LogP contribution in [0, 0.1) is 5.82 Å². The Morgan fingerprint density at radius 2 is 2.05 bits per heavy atom. The van der Waals surface area contributed by atoms with Gasteiger partial charge in [-0.3, -0.25) is 4.79 Å². The van der Waals surface area contributed by atoms with Crippen molar-refractivity contribution in [2.75, 3.05) is 6.26 Å². The van der Waals surface area contributed by atoms with Gasteiger partial charge in [0.1, 0.15) is 5.82 Å². The zero-order chi connectivity index (χ0) is 15.7. The lowest BCUT2D eigenvalue weighted by molar-refractivity contribution is -0.135. The molecule has 2 aliphatic heterocycles. The minimum atomic E-state index is -0.408. The molecule has 0 aliphatic carbocycles. The van der Waals surface area contributed by atoms with E-state index < -0.39 is 5.82 Å². The van der Waals surface area contributed by atoms with E-state index in [1.54, 1.807) is 12.1 Å². The van der Waals surface area contributed by atoms with Gasteiger partial charge in [0, 0.05) is 23.8 Å². The zero-order valence-electron chi connectivity index (χ0n) is 12.7. The van der Waals surface area contributed by atoms with Gasteiger partial charge in [-0.1, -0.05) is 17.7 Å². The summed E-state index contributed by atoms with van der Waals surface area (Å²) < 4.78 is 13.2. The molecule has 1 amide bonds. The van der Waals surface area contributed by atoms with Crippen molar-refractivity contribution >= 4 is 29.3 Å². The molecule has 3 rings (SSSR count). The Kier molecular flexibility index (Phi) is 4.98. The topological polar surface area (TPSA) is 20.3 Å². The highest BCUT2D eigenvalue weighted by Gasteiger charge is 2.42. The Morgan fingerprint density at radius 1 is 1.36 bits per heavy atom. The van der Waals surface area contributed by atoms with Crippen LogP contribution in [0.3, 0.4) is 0 Å². The van der Waals surface area contributed by atoms with Crippen LogP contribution < -0.4 is 0 Å². The molecule has 2 heterocycles. The van der Waals surface area contributed by atoms with Crippen molar-refractivity contribution in [3.8, 4) is 0 Å². The quantitative estimate of drug-likeness (QED) is 0.814. The number of piperidine rings is 1. The van der Waals surface area contributed by atoms with E-state index in [1.165, 1.54) is 6.07 Å². The third-order valence-electron chi connectivity index (χ3n) is 4.92. The molecule has 22 heavy (non-hydrogen) atoms. The number of thioether (sulfide) groups is 1. The third kappa shape index (κ3) is 3.28. The number of hydrogen-bond acceptors (Lipinski definition) is 2. The van der Waals surface area contributed by atoms with E-state index in [-0.39, 0.29) is 10.9 Å². The number of amides is 1. The maximum Gasteiger partial charge on any atom is 0.223 e. The first-order valence-electron chi connectivity index (χ1n) is 7.86. The van der Waals surface area contributed by atoms with Gasteiger partial charge in [0.05, 0.1) is 5.02 Å². The van der Waals surface area contributed by atoms with Crippen molar-refractivity contribution in [3.63, 3.8) is 0 Å². The number of benzene rings is 1. The molecule has 2 bridgehead atoms. The largest absolute Gasteiger partial charge is 0.337 e. The molecule has 0 radical (unpaired) electrons. The molecule has 1 aromatic rings. The molecule has 2 saturated heterocycles. The van der Waals surface area contributed by atoms with Gasteiger partial charge in [0.25, 0.3) is 0 Å². The molecule has 2 fully saturated rings. The number of nitrogens with zero attached hydrogens (tertiary/aromatic N) is 1. The number of aryl methyl sites for hydroxylation is 1. The summed E-state index contributed by atoms with van der Waals surface area (Å²) in [6.07, 6.45) is 7.84. The summed E-state index contributed by atoms with van der Waals surface area (Å²) in [7, 11) is 0. The van der Waals surface area contributed by atoms with Crippen molar-refractivity contribution in [1.82, 2.24) is 4.90 Å². The summed E-state index contributed by atoms with van der Waals surface area (Å²) in [5, 5.41) is 0.836. The Bertz CT molecular complexity index is 554. The van der Waals surface area contributed by atoms with Gasteiger partial charge in [-0.25, -0.2) is 4.39 Å². The highest BCUT2D eigenvalue weighted by Crippen LogP contribution is 2.39. The lowest BCUT2D eigenvalue weighted by Crippen LogP contribution is -2.47. The van der Waals surface area contributed by atoms with Gasteiger partial charge < -0.3 is 4.90 Å². The fourth-order valence-corrected chi connectivity index (χ4v) is 4.83. The first-order valence-corrected chi connectivity index (χ1v) is 9.53. The van der Waals surface area contributed by atoms with Crippen LogP contribution in [-0.4, -0.2) is 34.4 Å². The predicted molar refractivity (Wildman–Crippen MR) is 89.9 cm³/mol.